The summed E-state index contributed by atoms with van der Waals surface area (Å²) in [5.74, 6) is 0.400. The minimum absolute atomic E-state index is 0.209. The van der Waals surface area contributed by atoms with Gasteiger partial charge in [-0.2, -0.15) is 0 Å². The Morgan fingerprint density at radius 1 is 1.56 bits per heavy atom. The Labute approximate surface area is 107 Å². The first-order valence-corrected chi connectivity index (χ1v) is 6.17. The van der Waals surface area contributed by atoms with Gasteiger partial charge in [-0.25, -0.2) is 4.79 Å². The standard InChI is InChI=1S/C13H19N3O2/c1-9-10(5-6-18-9)8-15-13(17)16-12-4-2-3-11(14)7-12/h2-4,7,9-10H,5-6,8,14H2,1H3,(H2,15,16,17). The van der Waals surface area contributed by atoms with Gasteiger partial charge < -0.3 is 21.1 Å². The van der Waals surface area contributed by atoms with E-state index in [4.69, 9.17) is 10.5 Å². The zero-order chi connectivity index (χ0) is 13.0. The molecule has 4 N–H and O–H groups in total. The number of ether oxygens (including phenoxy) is 1. The van der Waals surface area contributed by atoms with Gasteiger partial charge >= 0.3 is 6.03 Å². The number of carbonyl (C=O) groups excluding carboxylic acids is 1. The molecule has 0 radical (unpaired) electrons. The van der Waals surface area contributed by atoms with Crippen molar-refractivity contribution in [2.24, 2.45) is 5.92 Å². The van der Waals surface area contributed by atoms with Crippen molar-refractivity contribution >= 4 is 17.4 Å². The molecule has 1 aliphatic heterocycles. The fraction of sp³-hybridized carbons (Fsp3) is 0.462. The highest BCUT2D eigenvalue weighted by molar-refractivity contribution is 5.89. The molecular weight excluding hydrogens is 230 g/mol. The van der Waals surface area contributed by atoms with E-state index in [1.807, 2.05) is 6.92 Å². The first-order chi connectivity index (χ1) is 8.65. The van der Waals surface area contributed by atoms with Gasteiger partial charge in [0.05, 0.1) is 6.10 Å². The van der Waals surface area contributed by atoms with E-state index in [9.17, 15) is 4.79 Å². The number of rotatable bonds is 3. The van der Waals surface area contributed by atoms with Gasteiger partial charge in [0.2, 0.25) is 0 Å². The summed E-state index contributed by atoms with van der Waals surface area (Å²) in [4.78, 5) is 11.7. The van der Waals surface area contributed by atoms with Crippen molar-refractivity contribution in [1.29, 1.82) is 0 Å². The summed E-state index contributed by atoms with van der Waals surface area (Å²) in [5, 5.41) is 5.60. The fourth-order valence-corrected chi connectivity index (χ4v) is 2.06. The van der Waals surface area contributed by atoms with Crippen LogP contribution in [-0.2, 0) is 4.74 Å². The first-order valence-electron chi connectivity index (χ1n) is 6.17. The molecule has 2 atom stereocenters. The summed E-state index contributed by atoms with van der Waals surface area (Å²) in [6, 6.07) is 6.90. The molecule has 5 nitrogen and oxygen atoms in total. The van der Waals surface area contributed by atoms with Crippen molar-refractivity contribution in [2.75, 3.05) is 24.2 Å². The molecule has 1 fully saturated rings. The van der Waals surface area contributed by atoms with E-state index in [1.165, 1.54) is 0 Å². The van der Waals surface area contributed by atoms with Gasteiger partial charge in [0, 0.05) is 30.4 Å². The van der Waals surface area contributed by atoms with E-state index in [0.717, 1.165) is 13.0 Å². The molecule has 2 rings (SSSR count). The lowest BCUT2D eigenvalue weighted by molar-refractivity contribution is 0.106. The maximum atomic E-state index is 11.7. The topological polar surface area (TPSA) is 76.4 Å². The van der Waals surface area contributed by atoms with Crippen LogP contribution < -0.4 is 16.4 Å². The van der Waals surface area contributed by atoms with E-state index in [2.05, 4.69) is 10.6 Å². The second-order valence-electron chi connectivity index (χ2n) is 4.59. The van der Waals surface area contributed by atoms with Crippen LogP contribution in [0, 0.1) is 5.92 Å². The number of anilines is 2. The Morgan fingerprint density at radius 3 is 3.06 bits per heavy atom. The maximum Gasteiger partial charge on any atom is 0.319 e. The van der Waals surface area contributed by atoms with Gasteiger partial charge in [0.25, 0.3) is 0 Å². The Bertz CT molecular complexity index is 422. The summed E-state index contributed by atoms with van der Waals surface area (Å²) in [5.41, 5.74) is 6.97. The van der Waals surface area contributed by atoms with Crippen LogP contribution in [0.15, 0.2) is 24.3 Å². The molecule has 2 unspecified atom stereocenters. The first kappa shape index (κ1) is 12.7. The number of nitrogen functional groups attached to an aromatic ring is 1. The Morgan fingerprint density at radius 2 is 2.39 bits per heavy atom. The smallest absolute Gasteiger partial charge is 0.319 e. The highest BCUT2D eigenvalue weighted by Gasteiger charge is 2.24. The number of nitrogens with one attached hydrogen (secondary N) is 2. The lowest BCUT2D eigenvalue weighted by Gasteiger charge is -2.15. The molecule has 1 aromatic carbocycles. The molecule has 0 aliphatic carbocycles. The second-order valence-corrected chi connectivity index (χ2v) is 4.59. The van der Waals surface area contributed by atoms with Crippen LogP contribution in [0.4, 0.5) is 16.2 Å². The van der Waals surface area contributed by atoms with Crippen LogP contribution in [0.5, 0.6) is 0 Å². The van der Waals surface area contributed by atoms with E-state index >= 15 is 0 Å². The molecule has 5 heteroatoms. The third kappa shape index (κ3) is 3.37. The highest BCUT2D eigenvalue weighted by Crippen LogP contribution is 2.19. The van der Waals surface area contributed by atoms with Crippen LogP contribution >= 0.6 is 0 Å². The SMILES string of the molecule is CC1OCCC1CNC(=O)Nc1cccc(N)c1. The van der Waals surface area contributed by atoms with Crippen LogP contribution in [0.3, 0.4) is 0 Å². The molecule has 18 heavy (non-hydrogen) atoms. The Hall–Kier alpha value is -1.75. The number of amides is 2. The van der Waals surface area contributed by atoms with E-state index in [0.29, 0.717) is 23.8 Å². The average Bonchev–Trinajstić information content (AvgIpc) is 2.72. The summed E-state index contributed by atoms with van der Waals surface area (Å²) < 4.78 is 5.44. The monoisotopic (exact) mass is 249 g/mol. The molecule has 1 heterocycles. The van der Waals surface area contributed by atoms with Crippen molar-refractivity contribution < 1.29 is 9.53 Å². The zero-order valence-corrected chi connectivity index (χ0v) is 10.5. The fourth-order valence-electron chi connectivity index (χ4n) is 2.06. The lowest BCUT2D eigenvalue weighted by Crippen LogP contribution is -2.35. The number of hydrogen-bond acceptors (Lipinski definition) is 3. The van der Waals surface area contributed by atoms with Crippen LogP contribution in [0.25, 0.3) is 0 Å². The van der Waals surface area contributed by atoms with E-state index in [1.54, 1.807) is 24.3 Å². The van der Waals surface area contributed by atoms with Crippen molar-refractivity contribution in [1.82, 2.24) is 5.32 Å². The van der Waals surface area contributed by atoms with Crippen molar-refractivity contribution in [3.05, 3.63) is 24.3 Å². The molecular formula is C13H19N3O2. The largest absolute Gasteiger partial charge is 0.399 e. The van der Waals surface area contributed by atoms with Gasteiger partial charge in [-0.3, -0.25) is 0 Å². The van der Waals surface area contributed by atoms with Crippen LogP contribution in [0.2, 0.25) is 0 Å². The molecule has 2 amide bonds. The van der Waals surface area contributed by atoms with Crippen molar-refractivity contribution in [3.63, 3.8) is 0 Å². The molecule has 98 valence electrons. The predicted octanol–water partition coefficient (Wildman–Crippen LogP) is 1.82. The van der Waals surface area contributed by atoms with Gasteiger partial charge in [-0.15, -0.1) is 0 Å². The number of urea groups is 1. The van der Waals surface area contributed by atoms with Gasteiger partial charge in [0.15, 0.2) is 0 Å². The molecule has 0 saturated carbocycles. The van der Waals surface area contributed by atoms with E-state index < -0.39 is 0 Å². The van der Waals surface area contributed by atoms with Crippen LogP contribution in [-0.4, -0.2) is 25.3 Å². The average molecular weight is 249 g/mol. The third-order valence-electron chi connectivity index (χ3n) is 3.20. The quantitative estimate of drug-likeness (QED) is 0.715. The Balaban J connectivity index is 1.78. The van der Waals surface area contributed by atoms with Crippen molar-refractivity contribution in [2.45, 2.75) is 19.4 Å². The maximum absolute atomic E-state index is 11.7. The van der Waals surface area contributed by atoms with E-state index in [-0.39, 0.29) is 12.1 Å². The second kappa shape index (κ2) is 5.73. The third-order valence-corrected chi connectivity index (χ3v) is 3.20. The minimum atomic E-state index is -0.209. The Kier molecular flexibility index (Phi) is 4.04. The molecule has 1 saturated heterocycles. The van der Waals surface area contributed by atoms with Crippen LogP contribution in [0.1, 0.15) is 13.3 Å². The molecule has 0 aromatic heterocycles. The van der Waals surface area contributed by atoms with Gasteiger partial charge in [0.1, 0.15) is 0 Å². The number of hydrogen-bond donors (Lipinski definition) is 3. The van der Waals surface area contributed by atoms with Crippen molar-refractivity contribution in [3.8, 4) is 0 Å². The summed E-state index contributed by atoms with van der Waals surface area (Å²) in [6.07, 6.45) is 1.22. The highest BCUT2D eigenvalue weighted by atomic mass is 16.5. The number of nitrogens with two attached hydrogens (primary N) is 1. The van der Waals surface area contributed by atoms with Gasteiger partial charge in [-0.05, 0) is 31.5 Å². The summed E-state index contributed by atoms with van der Waals surface area (Å²) in [6.45, 7) is 3.45. The number of carbonyl (C=O) groups is 1. The zero-order valence-electron chi connectivity index (χ0n) is 10.5. The molecule has 0 bridgehead atoms. The minimum Gasteiger partial charge on any atom is -0.399 e. The molecule has 0 spiro atoms. The lowest BCUT2D eigenvalue weighted by atomic mass is 10.0. The predicted molar refractivity (Wildman–Crippen MR) is 71.4 cm³/mol. The molecule has 1 aliphatic rings. The number of benzene rings is 1. The molecule has 1 aromatic rings. The summed E-state index contributed by atoms with van der Waals surface area (Å²) >= 11 is 0. The van der Waals surface area contributed by atoms with Gasteiger partial charge in [-0.1, -0.05) is 6.07 Å². The summed E-state index contributed by atoms with van der Waals surface area (Å²) in [7, 11) is 0. The normalized spacial score (nSPS) is 22.7.